The molecule has 9 heteroatoms. The largest absolute Gasteiger partial charge is 0.508 e. The maximum absolute atomic E-state index is 13.4. The number of amides is 2. The quantitative estimate of drug-likeness (QED) is 0.308. The number of rotatable bonds is 6. The maximum Gasteiger partial charge on any atom is 0.261 e. The molecule has 226 valence electrons. The minimum Gasteiger partial charge on any atom is -0.508 e. The van der Waals surface area contributed by atoms with E-state index in [-0.39, 0.29) is 35.6 Å². The first-order valence-electron chi connectivity index (χ1n) is 14.8. The van der Waals surface area contributed by atoms with Gasteiger partial charge < -0.3 is 19.4 Å². The van der Waals surface area contributed by atoms with Gasteiger partial charge in [0.1, 0.15) is 5.75 Å². The Balaban J connectivity index is 1.42. The van der Waals surface area contributed by atoms with Crippen molar-refractivity contribution in [3.05, 3.63) is 89.4 Å². The van der Waals surface area contributed by atoms with Gasteiger partial charge in [-0.05, 0) is 45.9 Å². The molecule has 3 aromatic rings. The Bertz CT molecular complexity index is 1490. The predicted octanol–water partition coefficient (Wildman–Crippen LogP) is 4.64. The first-order valence-corrected chi connectivity index (χ1v) is 17.1. The fourth-order valence-corrected chi connectivity index (χ4v) is 12.7. The summed E-state index contributed by atoms with van der Waals surface area (Å²) < 4.78 is 13.7. The van der Waals surface area contributed by atoms with Crippen molar-refractivity contribution < 1.29 is 29.0 Å². The molecule has 3 fully saturated rings. The second kappa shape index (κ2) is 10.9. The van der Waals surface area contributed by atoms with Gasteiger partial charge in [-0.15, -0.1) is 0 Å². The van der Waals surface area contributed by atoms with Crippen LogP contribution in [0.2, 0.25) is 10.1 Å². The van der Waals surface area contributed by atoms with Crippen LogP contribution in [-0.4, -0.2) is 54.7 Å². The van der Waals surface area contributed by atoms with E-state index in [1.807, 2.05) is 36.4 Å². The molecule has 2 aliphatic heterocycles. The molecule has 2 N–H and O–H groups in total. The summed E-state index contributed by atoms with van der Waals surface area (Å²) in [4.78, 5) is 27.9. The fourth-order valence-electron chi connectivity index (χ4n) is 7.79. The highest BCUT2D eigenvalue weighted by Gasteiger charge is 2.67. The van der Waals surface area contributed by atoms with Crippen LogP contribution >= 0.6 is 11.6 Å². The molecule has 1 saturated carbocycles. The molecule has 2 heterocycles. The van der Waals surface area contributed by atoms with Crippen molar-refractivity contribution in [3.63, 3.8) is 0 Å². The second-order valence-electron chi connectivity index (χ2n) is 13.2. The molecule has 7 nitrogen and oxygen atoms in total. The van der Waals surface area contributed by atoms with Crippen molar-refractivity contribution in [3.8, 4) is 5.75 Å². The average Bonchev–Trinajstić information content (AvgIpc) is 3.43. The van der Waals surface area contributed by atoms with Crippen LogP contribution in [0.15, 0.2) is 78.9 Å². The number of carbonyl (C=O) groups excluding carboxylic acids is 2. The lowest BCUT2D eigenvalue weighted by atomic mass is 9.64. The summed E-state index contributed by atoms with van der Waals surface area (Å²) in [5.74, 6) is -4.66. The molecule has 43 heavy (non-hydrogen) atoms. The minimum atomic E-state index is -2.96. The van der Waals surface area contributed by atoms with Crippen molar-refractivity contribution in [2.75, 3.05) is 13.7 Å². The zero-order chi connectivity index (χ0) is 30.7. The van der Waals surface area contributed by atoms with Crippen LogP contribution in [0.25, 0.3) is 0 Å². The van der Waals surface area contributed by atoms with E-state index in [0.717, 1.165) is 10.4 Å². The van der Waals surface area contributed by atoms with Crippen molar-refractivity contribution in [1.29, 1.82) is 0 Å². The number of ether oxygens (including phenoxy) is 1. The van der Waals surface area contributed by atoms with Crippen LogP contribution in [0.3, 0.4) is 0 Å². The van der Waals surface area contributed by atoms with Crippen LogP contribution in [0, 0.1) is 23.7 Å². The molecule has 3 aliphatic rings. The van der Waals surface area contributed by atoms with Gasteiger partial charge in [0.15, 0.2) is 5.79 Å². The Morgan fingerprint density at radius 2 is 1.58 bits per heavy atom. The zero-order valence-electron chi connectivity index (χ0n) is 24.9. The summed E-state index contributed by atoms with van der Waals surface area (Å²) >= 11 is 6.51. The molecule has 0 aromatic heterocycles. The van der Waals surface area contributed by atoms with Gasteiger partial charge in [-0.2, -0.15) is 0 Å². The molecule has 0 unspecified atom stereocenters. The lowest BCUT2D eigenvalue weighted by Crippen LogP contribution is -2.67. The van der Waals surface area contributed by atoms with Crippen LogP contribution in [0.5, 0.6) is 5.75 Å². The minimum absolute atomic E-state index is 0.0257. The second-order valence-corrected chi connectivity index (χ2v) is 17.9. The number of hydrogen-bond donors (Lipinski definition) is 2. The summed E-state index contributed by atoms with van der Waals surface area (Å²) in [7, 11) is -1.45. The Hall–Kier alpha value is -3.01. The number of halogens is 1. The van der Waals surface area contributed by atoms with Gasteiger partial charge >= 0.3 is 0 Å². The maximum atomic E-state index is 13.4. The summed E-state index contributed by atoms with van der Waals surface area (Å²) in [6, 6.07) is 25.2. The highest BCUT2D eigenvalue weighted by Crippen LogP contribution is 2.59. The van der Waals surface area contributed by atoms with Gasteiger partial charge in [-0.25, -0.2) is 0 Å². The summed E-state index contributed by atoms with van der Waals surface area (Å²) in [5.41, 5.74) is 0.621. The zero-order valence-corrected chi connectivity index (χ0v) is 26.6. The number of phenolic OH excluding ortho intramolecular Hbond substituents is 1. The number of carbonyl (C=O) groups is 2. The number of phenols is 1. The Kier molecular flexibility index (Phi) is 7.58. The van der Waals surface area contributed by atoms with Crippen LogP contribution in [-0.2, 0) is 18.8 Å². The van der Waals surface area contributed by atoms with Crippen molar-refractivity contribution in [1.82, 2.24) is 4.90 Å². The van der Waals surface area contributed by atoms with Crippen LogP contribution in [0.1, 0.15) is 45.3 Å². The van der Waals surface area contributed by atoms with Crippen molar-refractivity contribution >= 4 is 42.1 Å². The van der Waals surface area contributed by atoms with Gasteiger partial charge in [-0.3, -0.25) is 14.5 Å². The van der Waals surface area contributed by atoms with Gasteiger partial charge in [0, 0.05) is 25.5 Å². The van der Waals surface area contributed by atoms with E-state index < -0.39 is 43.9 Å². The molecule has 3 aromatic carbocycles. The summed E-state index contributed by atoms with van der Waals surface area (Å²) in [6.45, 7) is 6.72. The third kappa shape index (κ3) is 4.75. The number of nitrogens with zero attached hydrogens (tertiary/aromatic N) is 1. The normalized spacial score (nSPS) is 29.1. The molecule has 0 spiro atoms. The number of fused-ring (bicyclic) bond motifs is 3. The molecule has 6 atom stereocenters. The SMILES string of the molecule is CN1C(=O)[C@H]2[C@H](C[C@H](CO[Si](c3ccccc3)(c3ccccc3)C(C)(C)C)[C@@]3(O)O[C@H](c4ccc(O)cc4Cl)C[C@@H]23)C1=O. The Morgan fingerprint density at radius 3 is 2.14 bits per heavy atom. The topological polar surface area (TPSA) is 96.3 Å². The summed E-state index contributed by atoms with van der Waals surface area (Å²) in [6.07, 6.45) is -0.0445. The molecular formula is C34H38ClNO6Si. The monoisotopic (exact) mass is 619 g/mol. The van der Waals surface area contributed by atoms with Gasteiger partial charge in [-0.1, -0.05) is 99.1 Å². The highest BCUT2D eigenvalue weighted by molar-refractivity contribution is 6.99. The van der Waals surface area contributed by atoms with E-state index in [1.165, 1.54) is 24.1 Å². The Labute approximate surface area is 258 Å². The van der Waals surface area contributed by atoms with E-state index in [2.05, 4.69) is 45.0 Å². The molecule has 1 aliphatic carbocycles. The van der Waals surface area contributed by atoms with Crippen LogP contribution in [0.4, 0.5) is 0 Å². The Morgan fingerprint density at radius 1 is 0.977 bits per heavy atom. The molecule has 2 amide bonds. The summed E-state index contributed by atoms with van der Waals surface area (Å²) in [5, 5.41) is 24.6. The first kappa shape index (κ1) is 30.0. The van der Waals surface area contributed by atoms with E-state index >= 15 is 0 Å². The molecule has 6 rings (SSSR count). The highest BCUT2D eigenvalue weighted by atomic mass is 35.5. The number of likely N-dealkylation sites (tertiary alicyclic amines) is 1. The van der Waals surface area contributed by atoms with Gasteiger partial charge in [0.05, 0.1) is 23.0 Å². The van der Waals surface area contributed by atoms with Gasteiger partial charge in [0.2, 0.25) is 11.8 Å². The standard InChI is InChI=1S/C34H38ClNO6Si/c1-33(2,3)43(23-11-7-5-8-12-23,24-13-9-6-10-14-24)41-20-21-17-26-30(32(39)36(4)31(26)38)27-19-29(42-34(21,27)40)25-16-15-22(37)18-28(25)35/h5-16,18,21,26-27,29-30,37,40H,17,19-20H2,1-4H3/t21-,26+,27+,29+,30+,34-/m1/s1. The lowest BCUT2D eigenvalue weighted by Gasteiger charge is -2.48. The van der Waals surface area contributed by atoms with E-state index in [4.69, 9.17) is 20.8 Å². The lowest BCUT2D eigenvalue weighted by molar-refractivity contribution is -0.273. The van der Waals surface area contributed by atoms with Gasteiger partial charge in [0.25, 0.3) is 8.32 Å². The molecule has 0 radical (unpaired) electrons. The van der Waals surface area contributed by atoms with Crippen molar-refractivity contribution in [2.24, 2.45) is 23.7 Å². The number of benzene rings is 3. The molecule has 2 saturated heterocycles. The molecule has 0 bridgehead atoms. The third-order valence-electron chi connectivity index (χ3n) is 9.83. The average molecular weight is 620 g/mol. The number of imide groups is 1. The van der Waals surface area contributed by atoms with Crippen molar-refractivity contribution in [2.45, 2.75) is 50.5 Å². The number of hydrogen-bond acceptors (Lipinski definition) is 6. The number of aromatic hydroxyl groups is 1. The first-order chi connectivity index (χ1) is 20.4. The fraction of sp³-hybridized carbons (Fsp3) is 0.412. The van der Waals surface area contributed by atoms with Crippen LogP contribution < -0.4 is 10.4 Å². The van der Waals surface area contributed by atoms with E-state index in [1.54, 1.807) is 6.07 Å². The molecular weight excluding hydrogens is 582 g/mol. The predicted molar refractivity (Wildman–Crippen MR) is 166 cm³/mol. The van der Waals surface area contributed by atoms with E-state index in [0.29, 0.717) is 17.0 Å². The number of aliphatic hydroxyl groups is 1. The smallest absolute Gasteiger partial charge is 0.261 e. The third-order valence-corrected chi connectivity index (χ3v) is 15.2. The van der Waals surface area contributed by atoms with E-state index in [9.17, 15) is 19.8 Å².